The van der Waals surface area contributed by atoms with Crippen LogP contribution in [0.2, 0.25) is 10.0 Å². The molecule has 1 fully saturated rings. The Balaban J connectivity index is 2.05. The van der Waals surface area contributed by atoms with E-state index in [0.29, 0.717) is 21.5 Å². The number of rotatable bonds is 3. The van der Waals surface area contributed by atoms with Crippen molar-refractivity contribution in [3.63, 3.8) is 0 Å². The van der Waals surface area contributed by atoms with Crippen molar-refractivity contribution < 1.29 is 4.79 Å². The summed E-state index contributed by atoms with van der Waals surface area (Å²) in [6.45, 7) is 0. The van der Waals surface area contributed by atoms with E-state index >= 15 is 0 Å². The fourth-order valence-corrected chi connectivity index (χ4v) is 3.54. The van der Waals surface area contributed by atoms with E-state index in [1.54, 1.807) is 18.2 Å². The lowest BCUT2D eigenvalue weighted by molar-refractivity contribution is 0.0911. The maximum atomic E-state index is 12.2. The summed E-state index contributed by atoms with van der Waals surface area (Å²) in [7, 11) is 0. The van der Waals surface area contributed by atoms with Gasteiger partial charge >= 0.3 is 0 Å². The average molecular weight is 365 g/mol. The Bertz CT molecular complexity index is 467. The van der Waals surface area contributed by atoms with Crippen LogP contribution in [0.3, 0.4) is 0 Å². The molecule has 1 amide bonds. The molecule has 2 rings (SSSR count). The minimum Gasteiger partial charge on any atom is -0.349 e. The number of hydrogen-bond donors (Lipinski definition) is 1. The first-order chi connectivity index (χ1) is 9.11. The second kappa shape index (κ2) is 6.96. The predicted octanol–water partition coefficient (Wildman–Crippen LogP) is 4.68. The number of hydrogen-bond acceptors (Lipinski definition) is 1. The molecule has 1 saturated carbocycles. The first-order valence-corrected chi connectivity index (χ1v) is 8.31. The van der Waals surface area contributed by atoms with Crippen LogP contribution in [0.1, 0.15) is 36.0 Å². The molecular formula is C14H16BrCl2NO. The van der Waals surface area contributed by atoms with Crippen LogP contribution < -0.4 is 5.32 Å². The molecule has 0 aliphatic heterocycles. The molecule has 0 aromatic heterocycles. The minimum absolute atomic E-state index is 0.0728. The number of amides is 1. The molecule has 0 radical (unpaired) electrons. The molecule has 0 heterocycles. The summed E-state index contributed by atoms with van der Waals surface area (Å²) in [5.74, 6) is 0.442. The Labute approximate surface area is 132 Å². The molecule has 5 heteroatoms. The third kappa shape index (κ3) is 3.87. The van der Waals surface area contributed by atoms with Gasteiger partial charge in [-0.3, -0.25) is 4.79 Å². The van der Waals surface area contributed by atoms with Crippen LogP contribution in [0.15, 0.2) is 18.2 Å². The fraction of sp³-hybridized carbons (Fsp3) is 0.500. The molecule has 0 bridgehead atoms. The molecule has 1 N–H and O–H groups in total. The molecule has 2 nitrogen and oxygen atoms in total. The Kier molecular flexibility index (Phi) is 5.55. The van der Waals surface area contributed by atoms with Gasteiger partial charge in [-0.25, -0.2) is 0 Å². The first-order valence-electron chi connectivity index (χ1n) is 6.43. The Morgan fingerprint density at radius 3 is 2.68 bits per heavy atom. The van der Waals surface area contributed by atoms with Crippen LogP contribution in [-0.2, 0) is 0 Å². The van der Waals surface area contributed by atoms with Crippen LogP contribution in [0, 0.1) is 5.92 Å². The van der Waals surface area contributed by atoms with Gasteiger partial charge in [0.2, 0.25) is 0 Å². The second-order valence-corrected chi connectivity index (χ2v) is 6.37. The van der Waals surface area contributed by atoms with E-state index in [2.05, 4.69) is 21.2 Å². The first kappa shape index (κ1) is 15.1. The summed E-state index contributed by atoms with van der Waals surface area (Å²) >= 11 is 15.3. The van der Waals surface area contributed by atoms with Gasteiger partial charge in [-0.2, -0.15) is 0 Å². The van der Waals surface area contributed by atoms with Crippen molar-refractivity contribution in [2.75, 3.05) is 5.33 Å². The van der Waals surface area contributed by atoms with Gasteiger partial charge in [-0.05, 0) is 37.0 Å². The predicted molar refractivity (Wildman–Crippen MR) is 83.5 cm³/mol. The van der Waals surface area contributed by atoms with Crippen LogP contribution in [0.4, 0.5) is 0 Å². The molecule has 1 aromatic rings. The smallest absolute Gasteiger partial charge is 0.251 e. The molecule has 0 saturated heterocycles. The van der Waals surface area contributed by atoms with E-state index < -0.39 is 0 Å². The van der Waals surface area contributed by atoms with E-state index in [4.69, 9.17) is 23.2 Å². The van der Waals surface area contributed by atoms with E-state index in [1.807, 2.05) is 0 Å². The van der Waals surface area contributed by atoms with Gasteiger partial charge in [-0.15, -0.1) is 0 Å². The highest BCUT2D eigenvalue weighted by Crippen LogP contribution is 2.27. The highest BCUT2D eigenvalue weighted by molar-refractivity contribution is 9.09. The SMILES string of the molecule is O=C(NC1CCCCC1CBr)c1ccc(Cl)c(Cl)c1. The summed E-state index contributed by atoms with van der Waals surface area (Å²) in [6, 6.07) is 5.22. The highest BCUT2D eigenvalue weighted by Gasteiger charge is 2.25. The van der Waals surface area contributed by atoms with Crippen molar-refractivity contribution in [1.29, 1.82) is 0 Å². The maximum Gasteiger partial charge on any atom is 0.251 e. The van der Waals surface area contributed by atoms with E-state index in [9.17, 15) is 4.79 Å². The monoisotopic (exact) mass is 363 g/mol. The normalized spacial score (nSPS) is 23.1. The van der Waals surface area contributed by atoms with Gasteiger partial charge in [0.25, 0.3) is 5.91 Å². The number of benzene rings is 1. The molecule has 0 spiro atoms. The highest BCUT2D eigenvalue weighted by atomic mass is 79.9. The summed E-state index contributed by atoms with van der Waals surface area (Å²) in [6.07, 6.45) is 4.63. The van der Waals surface area contributed by atoms with Crippen molar-refractivity contribution in [2.24, 2.45) is 5.92 Å². The second-order valence-electron chi connectivity index (χ2n) is 4.91. The van der Waals surface area contributed by atoms with Gasteiger partial charge in [-0.1, -0.05) is 52.0 Å². The van der Waals surface area contributed by atoms with Crippen molar-refractivity contribution in [3.05, 3.63) is 33.8 Å². The Morgan fingerprint density at radius 2 is 2.00 bits per heavy atom. The summed E-state index contributed by atoms with van der Waals surface area (Å²) in [4.78, 5) is 12.2. The zero-order chi connectivity index (χ0) is 13.8. The fourth-order valence-electron chi connectivity index (χ4n) is 2.47. The topological polar surface area (TPSA) is 29.1 Å². The van der Waals surface area contributed by atoms with Crippen molar-refractivity contribution in [2.45, 2.75) is 31.7 Å². The molecule has 104 valence electrons. The van der Waals surface area contributed by atoms with Crippen LogP contribution in [-0.4, -0.2) is 17.3 Å². The maximum absolute atomic E-state index is 12.2. The van der Waals surface area contributed by atoms with Crippen LogP contribution in [0.5, 0.6) is 0 Å². The Hall–Kier alpha value is -0.250. The summed E-state index contributed by atoms with van der Waals surface area (Å²) in [5.41, 5.74) is 0.563. The van der Waals surface area contributed by atoms with E-state index in [0.717, 1.165) is 18.2 Å². The number of nitrogens with one attached hydrogen (secondary N) is 1. The largest absolute Gasteiger partial charge is 0.349 e. The molecule has 1 aliphatic rings. The molecular weight excluding hydrogens is 349 g/mol. The van der Waals surface area contributed by atoms with Gasteiger partial charge in [0, 0.05) is 16.9 Å². The van der Waals surface area contributed by atoms with Crippen molar-refractivity contribution in [3.8, 4) is 0 Å². The molecule has 2 atom stereocenters. The number of halogens is 3. The van der Waals surface area contributed by atoms with Crippen molar-refractivity contribution in [1.82, 2.24) is 5.32 Å². The van der Waals surface area contributed by atoms with Crippen LogP contribution in [0.25, 0.3) is 0 Å². The number of alkyl halides is 1. The van der Waals surface area contributed by atoms with Crippen LogP contribution >= 0.6 is 39.1 Å². The molecule has 1 aromatic carbocycles. The zero-order valence-electron chi connectivity index (χ0n) is 10.5. The third-order valence-electron chi connectivity index (χ3n) is 3.61. The lowest BCUT2D eigenvalue weighted by Crippen LogP contribution is -2.42. The lowest BCUT2D eigenvalue weighted by atomic mass is 9.86. The zero-order valence-corrected chi connectivity index (χ0v) is 13.6. The van der Waals surface area contributed by atoms with Crippen molar-refractivity contribution >= 4 is 45.0 Å². The average Bonchev–Trinajstić information content (AvgIpc) is 2.42. The summed E-state index contributed by atoms with van der Waals surface area (Å²) < 4.78 is 0. The van der Waals surface area contributed by atoms with Gasteiger partial charge in [0.15, 0.2) is 0 Å². The van der Waals surface area contributed by atoms with Gasteiger partial charge in [0.05, 0.1) is 10.0 Å². The molecule has 19 heavy (non-hydrogen) atoms. The van der Waals surface area contributed by atoms with E-state index in [-0.39, 0.29) is 11.9 Å². The van der Waals surface area contributed by atoms with Gasteiger partial charge in [0.1, 0.15) is 0 Å². The summed E-state index contributed by atoms with van der Waals surface area (Å²) in [5, 5.41) is 4.92. The Morgan fingerprint density at radius 1 is 1.26 bits per heavy atom. The van der Waals surface area contributed by atoms with E-state index in [1.165, 1.54) is 12.8 Å². The lowest BCUT2D eigenvalue weighted by Gasteiger charge is -2.31. The molecule has 2 unspecified atom stereocenters. The standard InChI is InChI=1S/C14H16BrCl2NO/c15-8-10-3-1-2-4-13(10)18-14(19)9-5-6-11(16)12(17)7-9/h5-7,10,13H,1-4,8H2,(H,18,19). The van der Waals surface area contributed by atoms with Gasteiger partial charge < -0.3 is 5.32 Å². The minimum atomic E-state index is -0.0728. The molecule has 1 aliphatic carbocycles. The third-order valence-corrected chi connectivity index (χ3v) is 5.18. The number of carbonyl (C=O) groups is 1. The quantitative estimate of drug-likeness (QED) is 0.775. The number of carbonyl (C=O) groups excluding carboxylic acids is 1.